The fourth-order valence-corrected chi connectivity index (χ4v) is 1.55. The first-order valence-corrected chi connectivity index (χ1v) is 5.06. The summed E-state index contributed by atoms with van der Waals surface area (Å²) >= 11 is 0. The van der Waals surface area contributed by atoms with Gasteiger partial charge in [-0.05, 0) is 17.7 Å². The Morgan fingerprint density at radius 1 is 1.47 bits per heavy atom. The SMILES string of the molecule is CC(C)c1nc2ccc(CC#N)cc2[nH]1. The van der Waals surface area contributed by atoms with Crippen LogP contribution < -0.4 is 0 Å². The number of fused-ring (bicyclic) bond motifs is 1. The zero-order valence-electron chi connectivity index (χ0n) is 8.91. The molecule has 0 unspecified atom stereocenters. The molecule has 15 heavy (non-hydrogen) atoms. The number of aromatic nitrogens is 2. The third-order valence-corrected chi connectivity index (χ3v) is 2.39. The summed E-state index contributed by atoms with van der Waals surface area (Å²) < 4.78 is 0. The molecule has 0 aliphatic carbocycles. The standard InChI is InChI=1S/C12H13N3/c1-8(2)12-14-10-4-3-9(5-6-13)7-11(10)15-12/h3-4,7-8H,5H2,1-2H3,(H,14,15). The summed E-state index contributed by atoms with van der Waals surface area (Å²) in [5.41, 5.74) is 3.02. The van der Waals surface area contributed by atoms with Crippen LogP contribution in [0.15, 0.2) is 18.2 Å². The van der Waals surface area contributed by atoms with Crippen molar-refractivity contribution in [1.29, 1.82) is 5.26 Å². The number of nitriles is 1. The molecule has 2 rings (SSSR count). The molecule has 1 aromatic carbocycles. The summed E-state index contributed by atoms with van der Waals surface area (Å²) in [4.78, 5) is 7.75. The predicted molar refractivity (Wildman–Crippen MR) is 59.5 cm³/mol. The van der Waals surface area contributed by atoms with Crippen molar-refractivity contribution in [2.75, 3.05) is 0 Å². The lowest BCUT2D eigenvalue weighted by Gasteiger charge is -1.95. The van der Waals surface area contributed by atoms with Gasteiger partial charge in [0.15, 0.2) is 0 Å². The maximum absolute atomic E-state index is 8.61. The lowest BCUT2D eigenvalue weighted by atomic mass is 10.1. The Morgan fingerprint density at radius 3 is 2.93 bits per heavy atom. The quantitative estimate of drug-likeness (QED) is 0.808. The Balaban J connectivity index is 2.48. The van der Waals surface area contributed by atoms with Gasteiger partial charge in [-0.2, -0.15) is 5.26 Å². The second-order valence-electron chi connectivity index (χ2n) is 3.96. The van der Waals surface area contributed by atoms with Crippen molar-refractivity contribution in [3.63, 3.8) is 0 Å². The molecule has 0 spiro atoms. The van der Waals surface area contributed by atoms with E-state index in [1.165, 1.54) is 0 Å². The number of nitrogens with one attached hydrogen (secondary N) is 1. The van der Waals surface area contributed by atoms with E-state index in [1.54, 1.807) is 0 Å². The van der Waals surface area contributed by atoms with E-state index in [-0.39, 0.29) is 0 Å². The first-order chi connectivity index (χ1) is 7.20. The first-order valence-electron chi connectivity index (χ1n) is 5.06. The van der Waals surface area contributed by atoms with Gasteiger partial charge in [0.05, 0.1) is 23.5 Å². The van der Waals surface area contributed by atoms with Crippen LogP contribution in [-0.4, -0.2) is 9.97 Å². The molecule has 1 aromatic heterocycles. The average molecular weight is 199 g/mol. The number of aromatic amines is 1. The maximum atomic E-state index is 8.61. The van der Waals surface area contributed by atoms with Crippen molar-refractivity contribution in [2.45, 2.75) is 26.2 Å². The molecule has 76 valence electrons. The van der Waals surface area contributed by atoms with Crippen molar-refractivity contribution < 1.29 is 0 Å². The molecular weight excluding hydrogens is 186 g/mol. The van der Waals surface area contributed by atoms with Crippen molar-refractivity contribution >= 4 is 11.0 Å². The van der Waals surface area contributed by atoms with E-state index in [9.17, 15) is 0 Å². The summed E-state index contributed by atoms with van der Waals surface area (Å²) in [7, 11) is 0. The molecule has 0 amide bonds. The van der Waals surface area contributed by atoms with Gasteiger partial charge in [-0.1, -0.05) is 19.9 Å². The molecule has 0 aliphatic rings. The third kappa shape index (κ3) is 1.84. The van der Waals surface area contributed by atoms with Crippen LogP contribution in [0.2, 0.25) is 0 Å². The molecule has 3 nitrogen and oxygen atoms in total. The highest BCUT2D eigenvalue weighted by atomic mass is 14.9. The van der Waals surface area contributed by atoms with E-state index in [0.29, 0.717) is 12.3 Å². The van der Waals surface area contributed by atoms with Crippen LogP contribution in [0.3, 0.4) is 0 Å². The number of rotatable bonds is 2. The van der Waals surface area contributed by atoms with Crippen LogP contribution in [0.4, 0.5) is 0 Å². The summed E-state index contributed by atoms with van der Waals surface area (Å²) in [5.74, 6) is 1.40. The summed E-state index contributed by atoms with van der Waals surface area (Å²) in [5, 5.41) is 8.61. The summed E-state index contributed by atoms with van der Waals surface area (Å²) in [6.45, 7) is 4.21. The summed E-state index contributed by atoms with van der Waals surface area (Å²) in [6, 6.07) is 8.06. The normalized spacial score (nSPS) is 10.8. The molecular formula is C12H13N3. The van der Waals surface area contributed by atoms with Crippen LogP contribution in [0.5, 0.6) is 0 Å². The highest BCUT2D eigenvalue weighted by Gasteiger charge is 2.06. The number of nitrogens with zero attached hydrogens (tertiary/aromatic N) is 2. The minimum atomic E-state index is 0.400. The van der Waals surface area contributed by atoms with Gasteiger partial charge < -0.3 is 4.98 Å². The lowest BCUT2D eigenvalue weighted by molar-refractivity contribution is 0.799. The number of hydrogen-bond acceptors (Lipinski definition) is 2. The van der Waals surface area contributed by atoms with Gasteiger partial charge in [0.1, 0.15) is 5.82 Å². The first kappa shape index (κ1) is 9.72. The van der Waals surface area contributed by atoms with Gasteiger partial charge >= 0.3 is 0 Å². The molecule has 0 fully saturated rings. The highest BCUT2D eigenvalue weighted by molar-refractivity contribution is 5.76. The van der Waals surface area contributed by atoms with E-state index < -0.39 is 0 Å². The predicted octanol–water partition coefficient (Wildman–Crippen LogP) is 2.75. The van der Waals surface area contributed by atoms with E-state index in [1.807, 2.05) is 18.2 Å². The molecule has 0 saturated heterocycles. The van der Waals surface area contributed by atoms with E-state index in [0.717, 1.165) is 22.4 Å². The lowest BCUT2D eigenvalue weighted by Crippen LogP contribution is -1.88. The van der Waals surface area contributed by atoms with Crippen LogP contribution in [0.1, 0.15) is 31.2 Å². The Kier molecular flexibility index (Phi) is 2.42. The van der Waals surface area contributed by atoms with Gasteiger partial charge in [0.2, 0.25) is 0 Å². The molecule has 2 aromatic rings. The Hall–Kier alpha value is -1.82. The topological polar surface area (TPSA) is 52.5 Å². The fourth-order valence-electron chi connectivity index (χ4n) is 1.55. The zero-order valence-corrected chi connectivity index (χ0v) is 8.91. The molecule has 1 N–H and O–H groups in total. The minimum absolute atomic E-state index is 0.400. The van der Waals surface area contributed by atoms with Crippen molar-refractivity contribution in [3.05, 3.63) is 29.6 Å². The van der Waals surface area contributed by atoms with Gasteiger partial charge in [0, 0.05) is 5.92 Å². The van der Waals surface area contributed by atoms with Gasteiger partial charge in [-0.25, -0.2) is 4.98 Å². The smallest absolute Gasteiger partial charge is 0.109 e. The third-order valence-electron chi connectivity index (χ3n) is 2.39. The summed E-state index contributed by atoms with van der Waals surface area (Å²) in [6.07, 6.45) is 0.450. The van der Waals surface area contributed by atoms with Crippen LogP contribution in [0.25, 0.3) is 11.0 Å². The second-order valence-corrected chi connectivity index (χ2v) is 3.96. The van der Waals surface area contributed by atoms with E-state index in [2.05, 4.69) is 29.9 Å². The number of imidazole rings is 1. The number of H-pyrrole nitrogens is 1. The molecule has 0 saturated carbocycles. The molecule has 1 heterocycles. The molecule has 0 radical (unpaired) electrons. The van der Waals surface area contributed by atoms with Crippen LogP contribution >= 0.6 is 0 Å². The Morgan fingerprint density at radius 2 is 2.27 bits per heavy atom. The van der Waals surface area contributed by atoms with Crippen molar-refractivity contribution in [3.8, 4) is 6.07 Å². The van der Waals surface area contributed by atoms with Crippen molar-refractivity contribution in [2.24, 2.45) is 0 Å². The number of benzene rings is 1. The Labute approximate surface area is 88.8 Å². The van der Waals surface area contributed by atoms with Crippen LogP contribution in [0, 0.1) is 11.3 Å². The maximum Gasteiger partial charge on any atom is 0.109 e. The van der Waals surface area contributed by atoms with Gasteiger partial charge in [-0.15, -0.1) is 0 Å². The second kappa shape index (κ2) is 3.74. The number of hydrogen-bond donors (Lipinski definition) is 1. The van der Waals surface area contributed by atoms with Crippen molar-refractivity contribution in [1.82, 2.24) is 9.97 Å². The largest absolute Gasteiger partial charge is 0.342 e. The average Bonchev–Trinajstić information content (AvgIpc) is 2.61. The molecule has 0 bridgehead atoms. The zero-order chi connectivity index (χ0) is 10.8. The van der Waals surface area contributed by atoms with Gasteiger partial charge in [0.25, 0.3) is 0 Å². The van der Waals surface area contributed by atoms with Crippen LogP contribution in [-0.2, 0) is 6.42 Å². The minimum Gasteiger partial charge on any atom is -0.342 e. The Bertz CT molecular complexity index is 517. The highest BCUT2D eigenvalue weighted by Crippen LogP contribution is 2.18. The van der Waals surface area contributed by atoms with E-state index in [4.69, 9.17) is 5.26 Å². The monoisotopic (exact) mass is 199 g/mol. The molecule has 0 atom stereocenters. The van der Waals surface area contributed by atoms with E-state index >= 15 is 0 Å². The fraction of sp³-hybridized carbons (Fsp3) is 0.333. The van der Waals surface area contributed by atoms with Gasteiger partial charge in [-0.3, -0.25) is 0 Å². The molecule has 3 heteroatoms. The molecule has 0 aliphatic heterocycles.